The first-order valence-corrected chi connectivity index (χ1v) is 3.89. The minimum Gasteiger partial charge on any atom is -0.308 e. The highest BCUT2D eigenvalue weighted by Gasteiger charge is 2.01. The largest absolute Gasteiger partial charge is 0.308 e. The van der Waals surface area contributed by atoms with Crippen LogP contribution < -0.4 is 0 Å². The van der Waals surface area contributed by atoms with Crippen molar-refractivity contribution in [1.82, 2.24) is 9.80 Å². The molecule has 0 heterocycles. The molecule has 0 aromatic rings. The van der Waals surface area contributed by atoms with Crippen LogP contribution >= 0.6 is 0 Å². The molecule has 2 heteroatoms. The van der Waals surface area contributed by atoms with Crippen LogP contribution in [0.25, 0.3) is 0 Å². The molecule has 0 N–H and O–H groups in total. The second-order valence-electron chi connectivity index (χ2n) is 3.38. The molecule has 2 nitrogen and oxygen atoms in total. The average molecular weight is 144 g/mol. The van der Waals surface area contributed by atoms with Gasteiger partial charge in [-0.05, 0) is 35.0 Å². The summed E-state index contributed by atoms with van der Waals surface area (Å²) < 4.78 is 0. The van der Waals surface area contributed by atoms with Gasteiger partial charge in [0.1, 0.15) is 0 Å². The fraction of sp³-hybridized carbons (Fsp3) is 1.00. The van der Waals surface area contributed by atoms with Crippen molar-refractivity contribution in [1.29, 1.82) is 0 Å². The summed E-state index contributed by atoms with van der Waals surface area (Å²) in [6.07, 6.45) is 0. The van der Waals surface area contributed by atoms with Crippen molar-refractivity contribution in [3.8, 4) is 0 Å². The molecule has 0 aliphatic heterocycles. The van der Waals surface area contributed by atoms with Gasteiger partial charge in [0.15, 0.2) is 0 Å². The Morgan fingerprint density at radius 2 is 1.50 bits per heavy atom. The molecule has 0 aromatic heterocycles. The Morgan fingerprint density at radius 1 is 1.00 bits per heavy atom. The van der Waals surface area contributed by atoms with Crippen molar-refractivity contribution < 1.29 is 0 Å². The van der Waals surface area contributed by atoms with E-state index in [0.29, 0.717) is 6.04 Å². The second kappa shape index (κ2) is 4.69. The smallest absolute Gasteiger partial charge is 0.0109 e. The van der Waals surface area contributed by atoms with Gasteiger partial charge in [-0.2, -0.15) is 0 Å². The highest BCUT2D eigenvalue weighted by Crippen LogP contribution is 1.91. The zero-order valence-corrected chi connectivity index (χ0v) is 7.89. The third-order valence-corrected chi connectivity index (χ3v) is 1.78. The van der Waals surface area contributed by atoms with Crippen LogP contribution in [0.4, 0.5) is 0 Å². The molecule has 0 aliphatic carbocycles. The molecule has 0 radical (unpaired) electrons. The maximum atomic E-state index is 2.35. The van der Waals surface area contributed by atoms with E-state index in [1.807, 2.05) is 0 Å². The molecule has 0 amide bonds. The molecule has 0 rings (SSSR count). The number of hydrogen-bond acceptors (Lipinski definition) is 2. The fourth-order valence-corrected chi connectivity index (χ4v) is 0.616. The molecule has 0 aromatic carbocycles. The van der Waals surface area contributed by atoms with Crippen LogP contribution in [-0.4, -0.2) is 50.1 Å². The Hall–Kier alpha value is -0.0800. The van der Waals surface area contributed by atoms with E-state index in [1.54, 1.807) is 0 Å². The van der Waals surface area contributed by atoms with Gasteiger partial charge in [-0.1, -0.05) is 0 Å². The molecular formula is C8H20N2. The lowest BCUT2D eigenvalue weighted by molar-refractivity contribution is 0.241. The topological polar surface area (TPSA) is 6.48 Å². The van der Waals surface area contributed by atoms with Crippen LogP contribution in [0.15, 0.2) is 0 Å². The monoisotopic (exact) mass is 144 g/mol. The molecule has 62 valence electrons. The maximum Gasteiger partial charge on any atom is 0.0109 e. The molecule has 0 fully saturated rings. The summed E-state index contributed by atoms with van der Waals surface area (Å²) in [7, 11) is 6.37. The van der Waals surface area contributed by atoms with Crippen LogP contribution in [0.3, 0.4) is 0 Å². The Morgan fingerprint density at radius 3 is 1.80 bits per heavy atom. The van der Waals surface area contributed by atoms with Gasteiger partial charge in [-0.3, -0.25) is 0 Å². The van der Waals surface area contributed by atoms with Gasteiger partial charge in [0.2, 0.25) is 0 Å². The van der Waals surface area contributed by atoms with E-state index < -0.39 is 0 Å². The maximum absolute atomic E-state index is 2.35. The summed E-state index contributed by atoms with van der Waals surface area (Å²) in [5.41, 5.74) is 0. The van der Waals surface area contributed by atoms with E-state index in [1.165, 1.54) is 0 Å². The van der Waals surface area contributed by atoms with E-state index in [2.05, 4.69) is 44.8 Å². The van der Waals surface area contributed by atoms with Crippen molar-refractivity contribution in [2.75, 3.05) is 34.2 Å². The van der Waals surface area contributed by atoms with Crippen molar-refractivity contribution >= 4 is 0 Å². The molecule has 0 bridgehead atoms. The molecular weight excluding hydrogens is 124 g/mol. The molecule has 0 unspecified atom stereocenters. The van der Waals surface area contributed by atoms with E-state index >= 15 is 0 Å². The van der Waals surface area contributed by atoms with Crippen LogP contribution in [0.2, 0.25) is 0 Å². The fourth-order valence-electron chi connectivity index (χ4n) is 0.616. The molecule has 0 saturated carbocycles. The van der Waals surface area contributed by atoms with Crippen LogP contribution in [0.5, 0.6) is 0 Å². The predicted molar refractivity (Wildman–Crippen MR) is 46.3 cm³/mol. The summed E-state index contributed by atoms with van der Waals surface area (Å²) in [6.45, 7) is 6.74. The van der Waals surface area contributed by atoms with Crippen molar-refractivity contribution in [3.05, 3.63) is 0 Å². The lowest BCUT2D eigenvalue weighted by Gasteiger charge is -2.22. The summed E-state index contributed by atoms with van der Waals surface area (Å²) in [5.74, 6) is 0. The van der Waals surface area contributed by atoms with Gasteiger partial charge in [-0.25, -0.2) is 0 Å². The van der Waals surface area contributed by atoms with Crippen molar-refractivity contribution in [2.45, 2.75) is 19.9 Å². The average Bonchev–Trinajstić information content (AvgIpc) is 1.82. The Labute approximate surface area is 64.8 Å². The normalized spacial score (nSPS) is 12.0. The van der Waals surface area contributed by atoms with Crippen molar-refractivity contribution in [3.63, 3.8) is 0 Å². The SMILES string of the molecule is CC(C)N(C)CCN(C)C. The summed E-state index contributed by atoms with van der Waals surface area (Å²) in [5, 5.41) is 0. The van der Waals surface area contributed by atoms with Gasteiger partial charge in [0.25, 0.3) is 0 Å². The summed E-state index contributed by atoms with van der Waals surface area (Å²) in [4.78, 5) is 4.55. The number of likely N-dealkylation sites (N-methyl/N-ethyl adjacent to an activating group) is 2. The minimum absolute atomic E-state index is 0.667. The first kappa shape index (κ1) is 9.92. The lowest BCUT2D eigenvalue weighted by Crippen LogP contribution is -2.33. The highest BCUT2D eigenvalue weighted by molar-refractivity contribution is 4.57. The molecule has 0 saturated heterocycles. The molecule has 10 heavy (non-hydrogen) atoms. The number of rotatable bonds is 4. The van der Waals surface area contributed by atoms with Gasteiger partial charge in [0.05, 0.1) is 0 Å². The molecule has 0 spiro atoms. The van der Waals surface area contributed by atoms with E-state index in [0.717, 1.165) is 13.1 Å². The first-order valence-electron chi connectivity index (χ1n) is 3.89. The highest BCUT2D eigenvalue weighted by atomic mass is 15.2. The van der Waals surface area contributed by atoms with E-state index in [4.69, 9.17) is 0 Å². The first-order chi connectivity index (χ1) is 4.54. The molecule has 0 atom stereocenters. The van der Waals surface area contributed by atoms with Gasteiger partial charge < -0.3 is 9.80 Å². The van der Waals surface area contributed by atoms with Gasteiger partial charge in [0, 0.05) is 19.1 Å². The quantitative estimate of drug-likeness (QED) is 0.578. The Balaban J connectivity index is 3.30. The van der Waals surface area contributed by atoms with Crippen LogP contribution in [0, 0.1) is 0 Å². The third-order valence-electron chi connectivity index (χ3n) is 1.78. The zero-order valence-electron chi connectivity index (χ0n) is 7.89. The van der Waals surface area contributed by atoms with Crippen LogP contribution in [-0.2, 0) is 0 Å². The minimum atomic E-state index is 0.667. The summed E-state index contributed by atoms with van der Waals surface area (Å²) >= 11 is 0. The second-order valence-corrected chi connectivity index (χ2v) is 3.38. The standard InChI is InChI=1S/C8H20N2/c1-8(2)10(5)7-6-9(3)4/h8H,6-7H2,1-5H3. The number of nitrogens with zero attached hydrogens (tertiary/aromatic N) is 2. The number of hydrogen-bond donors (Lipinski definition) is 0. The Kier molecular flexibility index (Phi) is 4.65. The third kappa shape index (κ3) is 4.77. The van der Waals surface area contributed by atoms with Gasteiger partial charge in [-0.15, -0.1) is 0 Å². The van der Waals surface area contributed by atoms with E-state index in [9.17, 15) is 0 Å². The zero-order chi connectivity index (χ0) is 8.15. The van der Waals surface area contributed by atoms with E-state index in [-0.39, 0.29) is 0 Å². The Bertz CT molecular complexity index is 79.3. The van der Waals surface area contributed by atoms with Gasteiger partial charge >= 0.3 is 0 Å². The predicted octanol–water partition coefficient (Wildman–Crippen LogP) is 0.888. The van der Waals surface area contributed by atoms with Crippen LogP contribution in [0.1, 0.15) is 13.8 Å². The summed E-state index contributed by atoms with van der Waals surface area (Å²) in [6, 6.07) is 0.667. The van der Waals surface area contributed by atoms with Crippen molar-refractivity contribution in [2.24, 2.45) is 0 Å². The molecule has 0 aliphatic rings. The lowest BCUT2D eigenvalue weighted by atomic mass is 10.3.